The van der Waals surface area contributed by atoms with E-state index in [1.54, 1.807) is 4.52 Å². The van der Waals surface area contributed by atoms with Crippen LogP contribution in [0.5, 0.6) is 0 Å². The van der Waals surface area contributed by atoms with Crippen molar-refractivity contribution in [2.75, 3.05) is 13.1 Å². The van der Waals surface area contributed by atoms with Gasteiger partial charge in [0.2, 0.25) is 0 Å². The van der Waals surface area contributed by atoms with E-state index in [1.807, 2.05) is 41.5 Å². The normalized spacial score (nSPS) is 16.0. The summed E-state index contributed by atoms with van der Waals surface area (Å²) < 4.78 is 3.76. The van der Waals surface area contributed by atoms with Gasteiger partial charge >= 0.3 is 0 Å². The Bertz CT molecular complexity index is 847. The van der Waals surface area contributed by atoms with Crippen LogP contribution in [0.15, 0.2) is 36.8 Å². The predicted molar refractivity (Wildman–Crippen MR) is 82.3 cm³/mol. The van der Waals surface area contributed by atoms with E-state index in [9.17, 15) is 5.26 Å². The van der Waals surface area contributed by atoms with E-state index >= 15 is 0 Å². The number of nitrogens with zero attached hydrogens (tertiary/aromatic N) is 5. The molecule has 1 fully saturated rings. The first-order chi connectivity index (χ1) is 10.9. The zero-order chi connectivity index (χ0) is 14.9. The highest BCUT2D eigenvalue weighted by atomic mass is 15.3. The molecule has 3 aromatic heterocycles. The molecule has 0 radical (unpaired) electrons. The molecule has 4 rings (SSSR count). The van der Waals surface area contributed by atoms with Gasteiger partial charge in [-0.05, 0) is 38.1 Å². The third kappa shape index (κ3) is 2.07. The van der Waals surface area contributed by atoms with E-state index in [4.69, 9.17) is 0 Å². The van der Waals surface area contributed by atoms with Gasteiger partial charge in [0.1, 0.15) is 17.3 Å². The van der Waals surface area contributed by atoms with Gasteiger partial charge in [-0.3, -0.25) is 4.68 Å². The number of pyridine rings is 1. The monoisotopic (exact) mass is 292 g/mol. The molecule has 0 aliphatic carbocycles. The van der Waals surface area contributed by atoms with Crippen molar-refractivity contribution in [1.29, 1.82) is 5.26 Å². The standard InChI is InChI=1S/C16H16N6/c17-9-14-15-3-1-2-8-21(15)20-16(14)12-10-19-22(11-12)13-4-6-18-7-5-13/h1-3,8,10-11,13,18H,4-7H2. The summed E-state index contributed by atoms with van der Waals surface area (Å²) >= 11 is 0. The first-order valence-corrected chi connectivity index (χ1v) is 7.49. The van der Waals surface area contributed by atoms with E-state index in [2.05, 4.69) is 21.6 Å². The van der Waals surface area contributed by atoms with Crippen LogP contribution in [0.25, 0.3) is 16.8 Å². The summed E-state index contributed by atoms with van der Waals surface area (Å²) in [5.41, 5.74) is 3.03. The SMILES string of the molecule is N#Cc1c(-c2cnn(C3CCNCC3)c2)nn2ccccc12. The van der Waals surface area contributed by atoms with Crippen LogP contribution in [0, 0.1) is 11.3 Å². The number of aromatic nitrogens is 4. The van der Waals surface area contributed by atoms with E-state index in [0.717, 1.165) is 37.0 Å². The number of nitrogens with one attached hydrogen (secondary N) is 1. The predicted octanol–water partition coefficient (Wildman–Crippen LogP) is 1.99. The Balaban J connectivity index is 1.76. The van der Waals surface area contributed by atoms with Gasteiger partial charge in [-0.25, -0.2) is 4.52 Å². The van der Waals surface area contributed by atoms with Crippen LogP contribution in [0.3, 0.4) is 0 Å². The lowest BCUT2D eigenvalue weighted by atomic mass is 10.1. The van der Waals surface area contributed by atoms with Crippen molar-refractivity contribution in [3.05, 3.63) is 42.4 Å². The summed E-state index contributed by atoms with van der Waals surface area (Å²) in [7, 11) is 0. The zero-order valence-electron chi connectivity index (χ0n) is 12.1. The molecule has 0 atom stereocenters. The van der Waals surface area contributed by atoms with Crippen LogP contribution in [0.4, 0.5) is 0 Å². The zero-order valence-corrected chi connectivity index (χ0v) is 12.1. The summed E-state index contributed by atoms with van der Waals surface area (Å²) in [6.07, 6.45) is 7.84. The summed E-state index contributed by atoms with van der Waals surface area (Å²) in [4.78, 5) is 0. The molecule has 1 saturated heterocycles. The van der Waals surface area contributed by atoms with Crippen molar-refractivity contribution in [2.45, 2.75) is 18.9 Å². The number of fused-ring (bicyclic) bond motifs is 1. The fraction of sp³-hybridized carbons (Fsp3) is 0.312. The summed E-state index contributed by atoms with van der Waals surface area (Å²) in [6, 6.07) is 8.44. The molecular weight excluding hydrogens is 276 g/mol. The fourth-order valence-electron chi connectivity index (χ4n) is 3.04. The highest BCUT2D eigenvalue weighted by Gasteiger charge is 2.19. The molecule has 0 saturated carbocycles. The molecule has 6 heteroatoms. The Morgan fingerprint density at radius 2 is 2.14 bits per heavy atom. The number of rotatable bonds is 2. The molecule has 0 bridgehead atoms. The minimum absolute atomic E-state index is 0.428. The van der Waals surface area contributed by atoms with Crippen LogP contribution < -0.4 is 5.32 Å². The second kappa shape index (κ2) is 5.28. The van der Waals surface area contributed by atoms with E-state index in [0.29, 0.717) is 17.3 Å². The van der Waals surface area contributed by atoms with Gasteiger partial charge in [-0.15, -0.1) is 0 Å². The van der Waals surface area contributed by atoms with E-state index < -0.39 is 0 Å². The second-order valence-corrected chi connectivity index (χ2v) is 5.56. The van der Waals surface area contributed by atoms with Crippen LogP contribution in [-0.2, 0) is 0 Å². The van der Waals surface area contributed by atoms with Gasteiger partial charge in [-0.2, -0.15) is 15.5 Å². The van der Waals surface area contributed by atoms with Gasteiger partial charge in [0.25, 0.3) is 0 Å². The van der Waals surface area contributed by atoms with Gasteiger partial charge < -0.3 is 5.32 Å². The lowest BCUT2D eigenvalue weighted by Gasteiger charge is -2.22. The molecule has 1 aliphatic rings. The number of hydrogen-bond donors (Lipinski definition) is 1. The fourth-order valence-corrected chi connectivity index (χ4v) is 3.04. The van der Waals surface area contributed by atoms with Crippen LogP contribution in [0.2, 0.25) is 0 Å². The van der Waals surface area contributed by atoms with Gasteiger partial charge in [-0.1, -0.05) is 6.07 Å². The van der Waals surface area contributed by atoms with Crippen molar-refractivity contribution in [3.8, 4) is 17.3 Å². The van der Waals surface area contributed by atoms with Crippen molar-refractivity contribution < 1.29 is 0 Å². The maximum Gasteiger partial charge on any atom is 0.114 e. The molecule has 1 N–H and O–H groups in total. The van der Waals surface area contributed by atoms with Crippen molar-refractivity contribution in [1.82, 2.24) is 24.7 Å². The molecule has 4 heterocycles. The highest BCUT2D eigenvalue weighted by molar-refractivity contribution is 5.76. The quantitative estimate of drug-likeness (QED) is 0.784. The molecular formula is C16H16N6. The average molecular weight is 292 g/mol. The lowest BCUT2D eigenvalue weighted by Crippen LogP contribution is -2.29. The second-order valence-electron chi connectivity index (χ2n) is 5.56. The molecule has 22 heavy (non-hydrogen) atoms. The molecule has 0 unspecified atom stereocenters. The van der Waals surface area contributed by atoms with Crippen molar-refractivity contribution in [2.24, 2.45) is 0 Å². The van der Waals surface area contributed by atoms with Crippen molar-refractivity contribution >= 4 is 5.52 Å². The van der Waals surface area contributed by atoms with Crippen molar-refractivity contribution in [3.63, 3.8) is 0 Å². The first-order valence-electron chi connectivity index (χ1n) is 7.49. The molecule has 6 nitrogen and oxygen atoms in total. The molecule has 0 amide bonds. The maximum atomic E-state index is 9.48. The molecule has 3 aromatic rings. The molecule has 110 valence electrons. The van der Waals surface area contributed by atoms with Crippen LogP contribution in [-0.4, -0.2) is 32.5 Å². The maximum absolute atomic E-state index is 9.48. The Kier molecular flexibility index (Phi) is 3.13. The molecule has 0 spiro atoms. The Morgan fingerprint density at radius 3 is 2.95 bits per heavy atom. The van der Waals surface area contributed by atoms with E-state index in [1.165, 1.54) is 0 Å². The molecule has 0 aromatic carbocycles. The van der Waals surface area contributed by atoms with Gasteiger partial charge in [0.15, 0.2) is 0 Å². The summed E-state index contributed by atoms with van der Waals surface area (Å²) in [5.74, 6) is 0. The lowest BCUT2D eigenvalue weighted by molar-refractivity contribution is 0.343. The number of piperidine rings is 1. The minimum atomic E-state index is 0.428. The topological polar surface area (TPSA) is 70.9 Å². The first kappa shape index (κ1) is 13.0. The number of nitriles is 1. The average Bonchev–Trinajstić information content (AvgIpc) is 3.20. The summed E-state index contributed by atoms with van der Waals surface area (Å²) in [5, 5.41) is 21.9. The molecule has 1 aliphatic heterocycles. The minimum Gasteiger partial charge on any atom is -0.317 e. The summed E-state index contributed by atoms with van der Waals surface area (Å²) in [6.45, 7) is 2.05. The Hall–Kier alpha value is -2.65. The van der Waals surface area contributed by atoms with Crippen LogP contribution >= 0.6 is 0 Å². The Labute approximate surface area is 128 Å². The Morgan fingerprint density at radius 1 is 1.27 bits per heavy atom. The highest BCUT2D eigenvalue weighted by Crippen LogP contribution is 2.27. The largest absolute Gasteiger partial charge is 0.317 e. The van der Waals surface area contributed by atoms with Gasteiger partial charge in [0.05, 0.1) is 17.8 Å². The van der Waals surface area contributed by atoms with Crippen LogP contribution in [0.1, 0.15) is 24.4 Å². The third-order valence-corrected chi connectivity index (χ3v) is 4.21. The number of hydrogen-bond acceptors (Lipinski definition) is 4. The van der Waals surface area contributed by atoms with E-state index in [-0.39, 0.29) is 0 Å². The third-order valence-electron chi connectivity index (χ3n) is 4.21. The van der Waals surface area contributed by atoms with Gasteiger partial charge in [0, 0.05) is 18.0 Å². The smallest absolute Gasteiger partial charge is 0.114 e.